The molecule has 2 aromatic rings. The van der Waals surface area contributed by atoms with Crippen LogP contribution in [-0.4, -0.2) is 23.6 Å². The Balaban J connectivity index is 1.62. The number of methoxy groups -OCH3 is 1. The number of carbonyl (C=O) groups is 1. The zero-order valence-electron chi connectivity index (χ0n) is 13.0. The highest BCUT2D eigenvalue weighted by Crippen LogP contribution is 2.30. The fourth-order valence-corrected chi connectivity index (χ4v) is 3.68. The number of ether oxygens (including phenoxy) is 1. The summed E-state index contributed by atoms with van der Waals surface area (Å²) in [5.74, 6) is 0.896. The Bertz CT molecular complexity index is 923. The van der Waals surface area contributed by atoms with E-state index in [0.717, 1.165) is 16.0 Å². The van der Waals surface area contributed by atoms with E-state index in [1.54, 1.807) is 13.2 Å². The second-order valence-electron chi connectivity index (χ2n) is 5.56. The molecule has 1 aromatic carbocycles. The van der Waals surface area contributed by atoms with Crippen LogP contribution in [0.1, 0.15) is 0 Å². The van der Waals surface area contributed by atoms with Crippen LogP contribution in [0, 0.1) is 11.8 Å². The normalized spacial score (nSPS) is 23.7. The number of anilines is 1. The first-order valence-corrected chi connectivity index (χ1v) is 8.42. The summed E-state index contributed by atoms with van der Waals surface area (Å²) in [7, 11) is 1.64. The lowest BCUT2D eigenvalue weighted by Crippen LogP contribution is -2.31. The molecule has 0 fully saturated rings. The molecule has 2 aliphatic carbocycles. The first kappa shape index (κ1) is 14.8. The van der Waals surface area contributed by atoms with E-state index < -0.39 is 0 Å². The third-order valence-electron chi connectivity index (χ3n) is 4.08. The Labute approximate surface area is 143 Å². The number of fused-ring (bicyclic) bond motifs is 2. The van der Waals surface area contributed by atoms with E-state index in [0.29, 0.717) is 10.8 Å². The molecular weight excluding hydrogens is 322 g/mol. The molecule has 5 nitrogen and oxygen atoms in total. The number of benzene rings is 1. The van der Waals surface area contributed by atoms with Gasteiger partial charge in [-0.05, 0) is 24.3 Å². The van der Waals surface area contributed by atoms with E-state index >= 15 is 0 Å². The predicted octanol–water partition coefficient (Wildman–Crippen LogP) is 3.57. The molecule has 120 valence electrons. The van der Waals surface area contributed by atoms with E-state index in [1.807, 2.05) is 42.5 Å². The van der Waals surface area contributed by atoms with E-state index in [4.69, 9.17) is 4.74 Å². The van der Waals surface area contributed by atoms with Crippen LogP contribution in [0.25, 0.3) is 10.2 Å². The van der Waals surface area contributed by atoms with Crippen LogP contribution >= 0.6 is 11.3 Å². The van der Waals surface area contributed by atoms with Crippen LogP contribution in [0.2, 0.25) is 0 Å². The number of nitrogens with one attached hydrogen (secondary N) is 1. The summed E-state index contributed by atoms with van der Waals surface area (Å²) in [6, 6.07) is 5.71. The summed E-state index contributed by atoms with van der Waals surface area (Å²) in [6.07, 6.45) is 11.5. The summed E-state index contributed by atoms with van der Waals surface area (Å²) >= 11 is 1.48. The van der Waals surface area contributed by atoms with Gasteiger partial charge in [-0.15, -0.1) is 0 Å². The predicted molar refractivity (Wildman–Crippen MR) is 96.6 cm³/mol. The highest BCUT2D eigenvalue weighted by Gasteiger charge is 2.29. The second-order valence-corrected chi connectivity index (χ2v) is 6.59. The third kappa shape index (κ3) is 2.65. The Hall–Kier alpha value is -2.73. The molecular formula is C18H15N3O2S. The minimum atomic E-state index is -0.0634. The number of carbonyl (C=O) groups excluding carboxylic acids is 1. The van der Waals surface area contributed by atoms with Crippen molar-refractivity contribution in [3.05, 3.63) is 54.7 Å². The summed E-state index contributed by atoms with van der Waals surface area (Å²) in [5.41, 5.74) is 4.33. The van der Waals surface area contributed by atoms with Gasteiger partial charge >= 0.3 is 0 Å². The largest absolute Gasteiger partial charge is 0.497 e. The molecule has 1 aromatic heterocycles. The topological polar surface area (TPSA) is 63.6 Å². The van der Waals surface area contributed by atoms with Gasteiger partial charge in [0.25, 0.3) is 0 Å². The smallest absolute Gasteiger partial charge is 0.204 e. The maximum absolute atomic E-state index is 12.2. The number of thiazole rings is 1. The summed E-state index contributed by atoms with van der Waals surface area (Å²) in [4.78, 5) is 16.7. The van der Waals surface area contributed by atoms with Gasteiger partial charge in [0, 0.05) is 11.8 Å². The average molecular weight is 337 g/mol. The zero-order chi connectivity index (χ0) is 16.5. The summed E-state index contributed by atoms with van der Waals surface area (Å²) in [6.45, 7) is 0. The van der Waals surface area contributed by atoms with Crippen molar-refractivity contribution in [2.75, 3.05) is 12.5 Å². The molecule has 6 heteroatoms. The molecule has 0 radical (unpaired) electrons. The molecule has 0 unspecified atom stereocenters. The van der Waals surface area contributed by atoms with Gasteiger partial charge in [0.2, 0.25) is 10.9 Å². The van der Waals surface area contributed by atoms with Gasteiger partial charge in [-0.2, -0.15) is 5.10 Å². The van der Waals surface area contributed by atoms with Gasteiger partial charge in [0.15, 0.2) is 0 Å². The minimum Gasteiger partial charge on any atom is -0.497 e. The van der Waals surface area contributed by atoms with Gasteiger partial charge in [-0.3, -0.25) is 10.2 Å². The van der Waals surface area contributed by atoms with E-state index in [1.165, 1.54) is 11.3 Å². The molecule has 2 atom stereocenters. The lowest BCUT2D eigenvalue weighted by molar-refractivity contribution is -0.109. The standard InChI is InChI=1S/C18H15N3O2S/c1-23-12-7-8-14-16(10-12)24-18(19-14)21-20-17-13-5-3-2-4-11(13)6-9-15(17)22/h2-11,13H,1H3,(H,19,21)/b20-17+/t11-,13+/m1/s1. The molecule has 0 bridgehead atoms. The molecule has 1 heterocycles. The van der Waals surface area contributed by atoms with Crippen molar-refractivity contribution >= 4 is 38.2 Å². The van der Waals surface area contributed by atoms with Crippen LogP contribution in [0.15, 0.2) is 59.8 Å². The quantitative estimate of drug-likeness (QED) is 0.870. The van der Waals surface area contributed by atoms with Crippen LogP contribution in [0.4, 0.5) is 5.13 Å². The van der Waals surface area contributed by atoms with E-state index in [-0.39, 0.29) is 17.6 Å². The molecule has 2 aliphatic rings. The maximum Gasteiger partial charge on any atom is 0.204 e. The Morgan fingerprint density at radius 3 is 3.00 bits per heavy atom. The summed E-state index contributed by atoms with van der Waals surface area (Å²) in [5, 5.41) is 5.01. The first-order chi connectivity index (χ1) is 11.7. The third-order valence-corrected chi connectivity index (χ3v) is 5.01. The average Bonchev–Trinajstić information content (AvgIpc) is 3.02. The molecule has 24 heavy (non-hydrogen) atoms. The first-order valence-electron chi connectivity index (χ1n) is 7.60. The molecule has 4 rings (SSSR count). The fourth-order valence-electron chi connectivity index (χ4n) is 2.85. The number of aromatic nitrogens is 1. The number of rotatable bonds is 3. The van der Waals surface area contributed by atoms with Crippen LogP contribution in [0.3, 0.4) is 0 Å². The van der Waals surface area contributed by atoms with Crippen molar-refractivity contribution in [3.63, 3.8) is 0 Å². The van der Waals surface area contributed by atoms with E-state index in [9.17, 15) is 4.79 Å². The Morgan fingerprint density at radius 1 is 1.25 bits per heavy atom. The molecule has 1 N–H and O–H groups in total. The number of hydrazone groups is 1. The lowest BCUT2D eigenvalue weighted by atomic mass is 9.79. The van der Waals surface area contributed by atoms with Gasteiger partial charge in [0.1, 0.15) is 11.5 Å². The van der Waals surface area contributed by atoms with Crippen molar-refractivity contribution in [3.8, 4) is 5.75 Å². The van der Waals surface area contributed by atoms with Crippen molar-refractivity contribution in [2.45, 2.75) is 0 Å². The van der Waals surface area contributed by atoms with Crippen LogP contribution in [0.5, 0.6) is 5.75 Å². The molecule has 0 amide bonds. The molecule has 0 saturated carbocycles. The van der Waals surface area contributed by atoms with Crippen molar-refractivity contribution in [1.82, 2.24) is 4.98 Å². The Kier molecular flexibility index (Phi) is 3.74. The number of hydrogen-bond donors (Lipinski definition) is 1. The SMILES string of the molecule is COc1ccc2nc(N/N=C3/C(=O)C=C[C@H]4C=CC=C[C@H]34)sc2c1. The van der Waals surface area contributed by atoms with Gasteiger partial charge in [0.05, 0.1) is 17.3 Å². The molecule has 0 aliphatic heterocycles. The number of nitrogens with zero attached hydrogens (tertiary/aromatic N) is 2. The van der Waals surface area contributed by atoms with Crippen LogP contribution in [-0.2, 0) is 4.79 Å². The highest BCUT2D eigenvalue weighted by atomic mass is 32.1. The number of ketones is 1. The van der Waals surface area contributed by atoms with Gasteiger partial charge < -0.3 is 4.74 Å². The number of allylic oxidation sites excluding steroid dienone is 6. The van der Waals surface area contributed by atoms with Crippen molar-refractivity contribution in [2.24, 2.45) is 16.9 Å². The van der Waals surface area contributed by atoms with Crippen molar-refractivity contribution < 1.29 is 9.53 Å². The molecule has 0 spiro atoms. The monoisotopic (exact) mass is 337 g/mol. The fraction of sp³-hybridized carbons (Fsp3) is 0.167. The Morgan fingerprint density at radius 2 is 2.12 bits per heavy atom. The zero-order valence-corrected chi connectivity index (χ0v) is 13.8. The maximum atomic E-state index is 12.2. The lowest BCUT2D eigenvalue weighted by Gasteiger charge is -2.24. The minimum absolute atomic E-state index is 0.0190. The van der Waals surface area contributed by atoms with Gasteiger partial charge in [-0.1, -0.05) is 41.7 Å². The van der Waals surface area contributed by atoms with Crippen molar-refractivity contribution in [1.29, 1.82) is 0 Å². The second kappa shape index (κ2) is 6.05. The number of hydrogen-bond acceptors (Lipinski definition) is 6. The highest BCUT2D eigenvalue weighted by molar-refractivity contribution is 7.22. The van der Waals surface area contributed by atoms with E-state index in [2.05, 4.69) is 21.6 Å². The molecule has 0 saturated heterocycles. The van der Waals surface area contributed by atoms with Crippen LogP contribution < -0.4 is 10.2 Å². The van der Waals surface area contributed by atoms with Gasteiger partial charge in [-0.25, -0.2) is 4.98 Å². The summed E-state index contributed by atoms with van der Waals surface area (Å²) < 4.78 is 6.23.